The van der Waals surface area contributed by atoms with Crippen LogP contribution in [0.25, 0.3) is 0 Å². The van der Waals surface area contributed by atoms with Gasteiger partial charge < -0.3 is 4.74 Å². The van der Waals surface area contributed by atoms with Gasteiger partial charge in [-0.15, -0.1) is 0 Å². The molecule has 1 aromatic carbocycles. The van der Waals surface area contributed by atoms with Crippen LogP contribution in [0.5, 0.6) is 5.75 Å². The van der Waals surface area contributed by atoms with E-state index < -0.39 is 16.7 Å². The number of nitrogens with one attached hydrogen (secondary N) is 1. The van der Waals surface area contributed by atoms with Crippen LogP contribution >= 0.6 is 0 Å². The summed E-state index contributed by atoms with van der Waals surface area (Å²) in [7, 11) is 1.39. The molecule has 10 heteroatoms. The fourth-order valence-corrected chi connectivity index (χ4v) is 1.73. The maximum atomic E-state index is 12.4. The number of halogens is 3. The number of nitro groups is 1. The van der Waals surface area contributed by atoms with Crippen molar-refractivity contribution in [1.29, 1.82) is 0 Å². The topological polar surface area (TPSA) is 89.7 Å². The van der Waals surface area contributed by atoms with Crippen LogP contribution in [0.3, 0.4) is 0 Å². The quantitative estimate of drug-likeness (QED) is 0.511. The predicted molar refractivity (Wildman–Crippen MR) is 80.1 cm³/mol. The Balaban J connectivity index is 2.14. The second-order valence-electron chi connectivity index (χ2n) is 4.48. The van der Waals surface area contributed by atoms with Gasteiger partial charge in [-0.1, -0.05) is 0 Å². The smallest absolute Gasteiger partial charge is 0.417 e. The minimum atomic E-state index is -4.47. The molecule has 2 rings (SSSR count). The number of hydrogen-bond acceptors (Lipinski definition) is 6. The van der Waals surface area contributed by atoms with E-state index in [0.29, 0.717) is 17.5 Å². The van der Waals surface area contributed by atoms with Crippen LogP contribution in [0, 0.1) is 10.1 Å². The van der Waals surface area contributed by atoms with Crippen LogP contribution in [0.4, 0.5) is 24.7 Å². The van der Waals surface area contributed by atoms with Crippen molar-refractivity contribution in [3.8, 4) is 5.75 Å². The number of nitro benzene ring substituents is 1. The third-order valence-corrected chi connectivity index (χ3v) is 2.90. The Kier molecular flexibility index (Phi) is 4.97. The summed E-state index contributed by atoms with van der Waals surface area (Å²) in [6.07, 6.45) is -2.55. The molecule has 7 nitrogen and oxygen atoms in total. The molecule has 0 aliphatic heterocycles. The third kappa shape index (κ3) is 4.18. The lowest BCUT2D eigenvalue weighted by atomic mass is 10.2. The lowest BCUT2D eigenvalue weighted by molar-refractivity contribution is -0.384. The average molecular weight is 340 g/mol. The van der Waals surface area contributed by atoms with Gasteiger partial charge >= 0.3 is 6.18 Å². The number of anilines is 1. The third-order valence-electron chi connectivity index (χ3n) is 2.90. The van der Waals surface area contributed by atoms with Crippen molar-refractivity contribution >= 4 is 17.7 Å². The van der Waals surface area contributed by atoms with Crippen LogP contribution in [-0.4, -0.2) is 23.2 Å². The number of pyridine rings is 1. The predicted octanol–water partition coefficient (Wildman–Crippen LogP) is 3.46. The number of alkyl halides is 3. The second-order valence-corrected chi connectivity index (χ2v) is 4.48. The highest BCUT2D eigenvalue weighted by Gasteiger charge is 2.30. The minimum absolute atomic E-state index is 0.0867. The molecule has 1 heterocycles. The lowest BCUT2D eigenvalue weighted by Crippen LogP contribution is -2.05. The molecule has 2 aromatic rings. The van der Waals surface area contributed by atoms with E-state index in [0.717, 1.165) is 12.1 Å². The largest absolute Gasteiger partial charge is 0.496 e. The number of ether oxygens (including phenoxy) is 1. The molecule has 24 heavy (non-hydrogen) atoms. The van der Waals surface area contributed by atoms with Gasteiger partial charge in [-0.05, 0) is 18.2 Å². The van der Waals surface area contributed by atoms with Crippen molar-refractivity contribution < 1.29 is 22.8 Å². The van der Waals surface area contributed by atoms with Gasteiger partial charge in [0.05, 0.1) is 23.8 Å². The van der Waals surface area contributed by atoms with Crippen LogP contribution in [0.2, 0.25) is 0 Å². The molecule has 0 spiro atoms. The number of hydrazone groups is 1. The summed E-state index contributed by atoms with van der Waals surface area (Å²) in [6.45, 7) is 0. The Morgan fingerprint density at radius 3 is 2.62 bits per heavy atom. The zero-order valence-electron chi connectivity index (χ0n) is 12.2. The molecule has 126 valence electrons. The first-order valence-corrected chi connectivity index (χ1v) is 6.46. The van der Waals surface area contributed by atoms with E-state index in [-0.39, 0.29) is 11.5 Å². The van der Waals surface area contributed by atoms with Gasteiger partial charge in [-0.3, -0.25) is 15.5 Å². The van der Waals surface area contributed by atoms with Gasteiger partial charge in [0, 0.05) is 23.9 Å². The van der Waals surface area contributed by atoms with Gasteiger partial charge in [-0.25, -0.2) is 4.98 Å². The Labute approximate surface area is 133 Å². The molecular formula is C14H11F3N4O3. The normalized spacial score (nSPS) is 11.5. The number of hydrogen-bond donors (Lipinski definition) is 1. The standard InChI is InChI=1S/C14H11F3N4O3/c1-24-12-4-3-11(21(22)23)6-9(12)7-19-20-13-5-2-10(8-18-13)14(15,16)17/h2-8H,1H3,(H,18,20)/b19-7-. The van der Waals surface area contributed by atoms with E-state index in [9.17, 15) is 23.3 Å². The summed E-state index contributed by atoms with van der Waals surface area (Å²) < 4.78 is 42.3. The molecule has 0 radical (unpaired) electrons. The average Bonchev–Trinajstić information content (AvgIpc) is 2.54. The van der Waals surface area contributed by atoms with Crippen LogP contribution in [0.1, 0.15) is 11.1 Å². The van der Waals surface area contributed by atoms with Crippen molar-refractivity contribution in [2.75, 3.05) is 12.5 Å². The first kappa shape index (κ1) is 17.2. The Hall–Kier alpha value is -3.17. The van der Waals surface area contributed by atoms with E-state index in [2.05, 4.69) is 15.5 Å². The van der Waals surface area contributed by atoms with Gasteiger partial charge in [0.25, 0.3) is 5.69 Å². The first-order valence-electron chi connectivity index (χ1n) is 6.46. The van der Waals surface area contributed by atoms with Crippen molar-refractivity contribution in [1.82, 2.24) is 4.98 Å². The fraction of sp³-hybridized carbons (Fsp3) is 0.143. The molecule has 0 aliphatic rings. The molecule has 0 fully saturated rings. The van der Waals surface area contributed by atoms with Crippen molar-refractivity contribution in [2.24, 2.45) is 5.10 Å². The van der Waals surface area contributed by atoms with Crippen molar-refractivity contribution in [3.05, 3.63) is 57.8 Å². The summed E-state index contributed by atoms with van der Waals surface area (Å²) in [5.41, 5.74) is 1.74. The number of benzene rings is 1. The molecule has 1 N–H and O–H groups in total. The second kappa shape index (κ2) is 6.94. The van der Waals surface area contributed by atoms with Crippen LogP contribution < -0.4 is 10.2 Å². The molecule has 0 saturated carbocycles. The van der Waals surface area contributed by atoms with Crippen LogP contribution in [0.15, 0.2) is 41.6 Å². The molecule has 0 bridgehead atoms. The van der Waals surface area contributed by atoms with Crippen LogP contribution in [-0.2, 0) is 6.18 Å². The highest BCUT2D eigenvalue weighted by molar-refractivity contribution is 5.85. The van der Waals surface area contributed by atoms with Gasteiger partial charge in [-0.2, -0.15) is 18.3 Å². The highest BCUT2D eigenvalue weighted by Crippen LogP contribution is 2.28. The van der Waals surface area contributed by atoms with E-state index >= 15 is 0 Å². The SMILES string of the molecule is COc1ccc([N+](=O)[O-])cc1/C=N\Nc1ccc(C(F)(F)F)cn1. The lowest BCUT2D eigenvalue weighted by Gasteiger charge is -2.06. The van der Waals surface area contributed by atoms with Crippen molar-refractivity contribution in [2.45, 2.75) is 6.18 Å². The fourth-order valence-electron chi connectivity index (χ4n) is 1.73. The van der Waals surface area contributed by atoms with E-state index in [1.165, 1.54) is 31.5 Å². The van der Waals surface area contributed by atoms with Gasteiger partial charge in [0.1, 0.15) is 11.6 Å². The number of aromatic nitrogens is 1. The molecule has 0 atom stereocenters. The summed E-state index contributed by atoms with van der Waals surface area (Å²) in [6, 6.07) is 5.92. The summed E-state index contributed by atoms with van der Waals surface area (Å²) >= 11 is 0. The van der Waals surface area contributed by atoms with E-state index in [4.69, 9.17) is 4.74 Å². The molecule has 1 aromatic heterocycles. The molecular weight excluding hydrogens is 329 g/mol. The molecule has 0 saturated heterocycles. The van der Waals surface area contributed by atoms with Gasteiger partial charge in [0.15, 0.2) is 0 Å². The number of rotatable bonds is 5. The summed E-state index contributed by atoms with van der Waals surface area (Å²) in [4.78, 5) is 13.8. The van der Waals surface area contributed by atoms with Crippen molar-refractivity contribution in [3.63, 3.8) is 0 Å². The maximum Gasteiger partial charge on any atom is 0.417 e. The Bertz CT molecular complexity index is 761. The number of nitrogens with zero attached hydrogens (tertiary/aromatic N) is 3. The zero-order chi connectivity index (χ0) is 17.7. The Morgan fingerprint density at radius 1 is 1.33 bits per heavy atom. The van der Waals surface area contributed by atoms with E-state index in [1.807, 2.05) is 0 Å². The Morgan fingerprint density at radius 2 is 2.08 bits per heavy atom. The first-order chi connectivity index (χ1) is 11.3. The summed E-state index contributed by atoms with van der Waals surface area (Å²) in [5.74, 6) is 0.440. The van der Waals surface area contributed by atoms with E-state index in [1.54, 1.807) is 0 Å². The number of non-ortho nitro benzene ring substituents is 1. The number of methoxy groups -OCH3 is 1. The molecule has 0 aliphatic carbocycles. The maximum absolute atomic E-state index is 12.4. The molecule has 0 amide bonds. The molecule has 0 unspecified atom stereocenters. The minimum Gasteiger partial charge on any atom is -0.496 e. The summed E-state index contributed by atoms with van der Waals surface area (Å²) in [5, 5.41) is 14.6. The monoisotopic (exact) mass is 340 g/mol. The zero-order valence-corrected chi connectivity index (χ0v) is 12.2. The highest BCUT2D eigenvalue weighted by atomic mass is 19.4. The van der Waals surface area contributed by atoms with Gasteiger partial charge in [0.2, 0.25) is 0 Å².